The van der Waals surface area contributed by atoms with Gasteiger partial charge in [0.2, 0.25) is 12.2 Å². The highest BCUT2D eigenvalue weighted by atomic mass is 16.7. The Hall–Kier alpha value is -4.45. The minimum atomic E-state index is -2.32. The molecule has 0 aromatic carbocycles. The molecule has 0 aromatic heterocycles. The molecule has 1 heterocycles. The summed E-state index contributed by atoms with van der Waals surface area (Å²) in [6.07, 6.45) is -10.7. The van der Waals surface area contributed by atoms with E-state index < -0.39 is 84.4 Å². The fourth-order valence-corrected chi connectivity index (χ4v) is 3.76. The van der Waals surface area contributed by atoms with E-state index in [1.807, 2.05) is 0 Å². The van der Waals surface area contributed by atoms with Crippen molar-refractivity contribution in [3.8, 4) is 0 Å². The second-order valence-electron chi connectivity index (χ2n) is 9.76. The van der Waals surface area contributed by atoms with Crippen LogP contribution < -0.4 is 0 Å². The molecule has 1 aliphatic heterocycles. The zero-order valence-electron chi connectivity index (χ0n) is 26.7. The predicted molar refractivity (Wildman–Crippen MR) is 151 cm³/mol. The van der Waals surface area contributed by atoms with Crippen molar-refractivity contribution in [1.29, 1.82) is 0 Å². The van der Waals surface area contributed by atoms with E-state index in [1.54, 1.807) is 0 Å². The number of hydrogen-bond acceptors (Lipinski definition) is 16. The van der Waals surface area contributed by atoms with Gasteiger partial charge in [-0.05, 0) is 6.42 Å². The SMILES string of the molecule is CCC(=O)OC(C(=O)CCCOCCOCC(=O)O)C(OC(=O)CC)C(OC(=O)CC)C(OC(=O)CC)C(=O)ON1C(=O)CCC1=O. The highest BCUT2D eigenvalue weighted by Gasteiger charge is 2.51. The first kappa shape index (κ1) is 40.6. The van der Waals surface area contributed by atoms with Gasteiger partial charge in [0.1, 0.15) is 6.61 Å². The van der Waals surface area contributed by atoms with Gasteiger partial charge >= 0.3 is 35.8 Å². The fourth-order valence-electron chi connectivity index (χ4n) is 3.76. The lowest BCUT2D eigenvalue weighted by atomic mass is 9.96. The summed E-state index contributed by atoms with van der Waals surface area (Å²) in [5.74, 6) is -9.44. The van der Waals surface area contributed by atoms with Crippen LogP contribution in [0.15, 0.2) is 0 Å². The molecule has 0 spiro atoms. The quantitative estimate of drug-likeness (QED) is 0.0664. The summed E-state index contributed by atoms with van der Waals surface area (Å²) in [7, 11) is 0. The van der Waals surface area contributed by atoms with Crippen LogP contribution in [0.5, 0.6) is 0 Å². The van der Waals surface area contributed by atoms with Crippen molar-refractivity contribution in [2.24, 2.45) is 0 Å². The molecule has 264 valence electrons. The van der Waals surface area contributed by atoms with Crippen molar-refractivity contribution in [3.63, 3.8) is 0 Å². The fraction of sp³-hybridized carbons (Fsp3) is 0.690. The second kappa shape index (κ2) is 21.4. The van der Waals surface area contributed by atoms with E-state index in [2.05, 4.69) is 0 Å². The Balaban J connectivity index is 3.50. The van der Waals surface area contributed by atoms with Crippen LogP contribution in [0.25, 0.3) is 0 Å². The van der Waals surface area contributed by atoms with Crippen LogP contribution in [0.3, 0.4) is 0 Å². The van der Waals surface area contributed by atoms with Gasteiger partial charge in [0.25, 0.3) is 11.8 Å². The molecule has 47 heavy (non-hydrogen) atoms. The molecule has 4 atom stereocenters. The number of carbonyl (C=O) groups excluding carboxylic acids is 8. The molecule has 18 nitrogen and oxygen atoms in total. The molecule has 0 saturated carbocycles. The Labute approximate surface area is 270 Å². The molecule has 2 amide bonds. The molecule has 1 fully saturated rings. The number of carbonyl (C=O) groups is 9. The predicted octanol–water partition coefficient (Wildman–Crippen LogP) is 0.348. The number of aliphatic carboxylic acids is 1. The zero-order valence-corrected chi connectivity index (χ0v) is 26.7. The third-order valence-electron chi connectivity index (χ3n) is 6.17. The molecule has 0 aliphatic carbocycles. The Bertz CT molecular complexity index is 1140. The first-order chi connectivity index (χ1) is 22.3. The molecule has 1 N–H and O–H groups in total. The highest BCUT2D eigenvalue weighted by molar-refractivity contribution is 6.02. The van der Waals surface area contributed by atoms with Gasteiger partial charge in [-0.3, -0.25) is 33.6 Å². The molecular weight excluding hydrogens is 634 g/mol. The molecule has 0 bridgehead atoms. The summed E-state index contributed by atoms with van der Waals surface area (Å²) in [4.78, 5) is 117. The number of carboxylic acids is 1. The van der Waals surface area contributed by atoms with Crippen molar-refractivity contribution in [2.45, 2.75) is 103 Å². The van der Waals surface area contributed by atoms with Crippen LogP contribution >= 0.6 is 0 Å². The van der Waals surface area contributed by atoms with Crippen LogP contribution in [-0.2, 0) is 76.4 Å². The van der Waals surface area contributed by atoms with E-state index in [-0.39, 0.29) is 76.3 Å². The summed E-state index contributed by atoms with van der Waals surface area (Å²) < 4.78 is 31.5. The number of carboxylic acid groups (broad SMARTS) is 1. The van der Waals surface area contributed by atoms with Crippen LogP contribution in [0.2, 0.25) is 0 Å². The lowest BCUT2D eigenvalue weighted by Crippen LogP contribution is -2.57. The molecule has 1 rings (SSSR count). The lowest BCUT2D eigenvalue weighted by molar-refractivity contribution is -0.221. The molecule has 4 unspecified atom stereocenters. The minimum absolute atomic E-state index is 0.00386. The summed E-state index contributed by atoms with van der Waals surface area (Å²) >= 11 is 0. The van der Waals surface area contributed by atoms with E-state index in [0.717, 1.165) is 0 Å². The number of hydroxylamine groups is 2. The van der Waals surface area contributed by atoms with Gasteiger partial charge in [-0.25, -0.2) is 9.59 Å². The van der Waals surface area contributed by atoms with Gasteiger partial charge < -0.3 is 38.4 Å². The van der Waals surface area contributed by atoms with Gasteiger partial charge in [0.15, 0.2) is 18.0 Å². The molecule has 0 radical (unpaired) electrons. The van der Waals surface area contributed by atoms with Crippen LogP contribution in [0, 0.1) is 0 Å². The van der Waals surface area contributed by atoms with Crippen molar-refractivity contribution in [1.82, 2.24) is 5.06 Å². The second-order valence-corrected chi connectivity index (χ2v) is 9.76. The number of amides is 2. The summed E-state index contributed by atoms with van der Waals surface area (Å²) in [5.41, 5.74) is 0. The maximum atomic E-state index is 13.5. The van der Waals surface area contributed by atoms with Gasteiger partial charge in [0.05, 0.1) is 13.2 Å². The monoisotopic (exact) mass is 675 g/mol. The number of nitrogens with zero attached hydrogens (tertiary/aromatic N) is 1. The Kier molecular flexibility index (Phi) is 18.4. The van der Waals surface area contributed by atoms with Crippen LogP contribution in [-0.4, -0.2) is 114 Å². The Morgan fingerprint density at radius 2 is 1.11 bits per heavy atom. The Morgan fingerprint density at radius 3 is 1.60 bits per heavy atom. The maximum absolute atomic E-state index is 13.5. The maximum Gasteiger partial charge on any atom is 0.377 e. The smallest absolute Gasteiger partial charge is 0.377 e. The zero-order chi connectivity index (χ0) is 35.5. The van der Waals surface area contributed by atoms with Gasteiger partial charge in [-0.15, -0.1) is 5.06 Å². The molecular formula is C29H41NO17. The largest absolute Gasteiger partial charge is 0.480 e. The highest BCUT2D eigenvalue weighted by Crippen LogP contribution is 2.24. The number of ketones is 1. The first-order valence-electron chi connectivity index (χ1n) is 15.0. The van der Waals surface area contributed by atoms with Crippen molar-refractivity contribution < 1.29 is 81.5 Å². The van der Waals surface area contributed by atoms with Gasteiger partial charge in [-0.1, -0.05) is 27.7 Å². The number of hydrogen-bond donors (Lipinski definition) is 1. The van der Waals surface area contributed by atoms with Crippen molar-refractivity contribution >= 4 is 53.4 Å². The van der Waals surface area contributed by atoms with E-state index in [0.29, 0.717) is 0 Å². The Morgan fingerprint density at radius 1 is 0.660 bits per heavy atom. The van der Waals surface area contributed by atoms with E-state index >= 15 is 0 Å². The number of ether oxygens (including phenoxy) is 6. The molecule has 1 aliphatic rings. The number of Topliss-reactive ketones (excluding diaryl/α,β-unsaturated/α-hetero) is 1. The lowest BCUT2D eigenvalue weighted by Gasteiger charge is -2.34. The minimum Gasteiger partial charge on any atom is -0.480 e. The molecule has 1 saturated heterocycles. The van der Waals surface area contributed by atoms with Crippen molar-refractivity contribution in [3.05, 3.63) is 0 Å². The van der Waals surface area contributed by atoms with Crippen molar-refractivity contribution in [2.75, 3.05) is 26.4 Å². The van der Waals surface area contributed by atoms with E-state index in [9.17, 15) is 43.2 Å². The normalized spacial score (nSPS) is 15.2. The summed E-state index contributed by atoms with van der Waals surface area (Å²) in [6, 6.07) is 0. The van der Waals surface area contributed by atoms with Crippen LogP contribution in [0.1, 0.15) is 79.1 Å². The number of imide groups is 1. The van der Waals surface area contributed by atoms with E-state index in [4.69, 9.17) is 38.4 Å². The van der Waals surface area contributed by atoms with Gasteiger partial charge in [0, 0.05) is 51.6 Å². The molecule has 18 heteroatoms. The summed E-state index contributed by atoms with van der Waals surface area (Å²) in [5, 5.41) is 8.74. The summed E-state index contributed by atoms with van der Waals surface area (Å²) in [6.45, 7) is 4.90. The molecule has 0 aromatic rings. The number of rotatable bonds is 23. The number of esters is 4. The first-order valence-corrected chi connectivity index (χ1v) is 15.0. The van der Waals surface area contributed by atoms with Crippen LogP contribution in [0.4, 0.5) is 0 Å². The van der Waals surface area contributed by atoms with Gasteiger partial charge in [-0.2, -0.15) is 0 Å². The average Bonchev–Trinajstić information content (AvgIpc) is 3.36. The third-order valence-corrected chi connectivity index (χ3v) is 6.17. The van der Waals surface area contributed by atoms with E-state index in [1.165, 1.54) is 27.7 Å². The third kappa shape index (κ3) is 14.2. The standard InChI is InChI=1S/C29H41NO17/c1-5-21(36)43-25(17(31)10-9-13-41-14-15-42-16-20(34)35)26(44-22(37)6-2)27(45-23(38)7-3)28(46-24(39)8-4)29(40)47-30-18(32)11-12-19(30)33/h25-28H,5-16H2,1-4H3,(H,34,35). The average molecular weight is 676 g/mol. The topological polar surface area (TPSA) is 242 Å².